The van der Waals surface area contributed by atoms with Crippen LogP contribution in [0.4, 0.5) is 0 Å². The Bertz CT molecular complexity index is 447. The van der Waals surface area contributed by atoms with Crippen LogP contribution >= 0.6 is 12.2 Å². The summed E-state index contributed by atoms with van der Waals surface area (Å²) < 4.78 is 0. The van der Waals surface area contributed by atoms with Crippen LogP contribution in [0.2, 0.25) is 0 Å². The Hall–Kier alpha value is -1.42. The minimum atomic E-state index is -0.119. The molecule has 1 amide bonds. The number of nitrogens with zero attached hydrogens (tertiary/aromatic N) is 1. The number of nitrogens with one attached hydrogen (secondary N) is 1. The molecule has 0 radical (unpaired) electrons. The zero-order valence-corrected chi connectivity index (χ0v) is 12.1. The van der Waals surface area contributed by atoms with Crippen molar-refractivity contribution in [3.63, 3.8) is 0 Å². The number of carbonyl (C=O) groups excluding carboxylic acids is 1. The number of hydrogen-bond acceptors (Lipinski definition) is 2. The summed E-state index contributed by atoms with van der Waals surface area (Å²) in [4.78, 5) is 14.2. The summed E-state index contributed by atoms with van der Waals surface area (Å²) >= 11 is 5.39. The first-order chi connectivity index (χ1) is 9.22. The molecule has 1 aromatic carbocycles. The molecule has 102 valence electrons. The van der Waals surface area contributed by atoms with E-state index in [1.165, 1.54) is 6.42 Å². The van der Waals surface area contributed by atoms with Gasteiger partial charge in [-0.1, -0.05) is 25.1 Å². The van der Waals surface area contributed by atoms with Crippen molar-refractivity contribution in [1.29, 1.82) is 0 Å². The fourth-order valence-corrected chi connectivity index (χ4v) is 2.86. The van der Waals surface area contributed by atoms with Gasteiger partial charge in [0.2, 0.25) is 0 Å². The summed E-state index contributed by atoms with van der Waals surface area (Å²) in [5.41, 5.74) is 0.648. The lowest BCUT2D eigenvalue weighted by Crippen LogP contribution is -2.49. The van der Waals surface area contributed by atoms with Crippen molar-refractivity contribution < 1.29 is 4.79 Å². The van der Waals surface area contributed by atoms with Gasteiger partial charge < -0.3 is 4.90 Å². The zero-order chi connectivity index (χ0) is 13.7. The molecule has 0 saturated carbocycles. The van der Waals surface area contributed by atoms with Crippen LogP contribution in [-0.2, 0) is 0 Å². The first-order valence-corrected chi connectivity index (χ1v) is 7.30. The molecule has 1 aliphatic rings. The number of hydrogen-bond donors (Lipinski definition) is 1. The molecule has 0 spiro atoms. The molecule has 4 heteroatoms. The van der Waals surface area contributed by atoms with Crippen molar-refractivity contribution in [3.05, 3.63) is 35.9 Å². The van der Waals surface area contributed by atoms with Crippen LogP contribution in [0.25, 0.3) is 0 Å². The van der Waals surface area contributed by atoms with Crippen molar-refractivity contribution >= 4 is 23.2 Å². The lowest BCUT2D eigenvalue weighted by Gasteiger charge is -2.37. The van der Waals surface area contributed by atoms with E-state index in [-0.39, 0.29) is 5.91 Å². The number of thiocarbonyl (C=S) groups is 1. The zero-order valence-electron chi connectivity index (χ0n) is 11.3. The number of rotatable bonds is 2. The molecule has 3 nitrogen and oxygen atoms in total. The summed E-state index contributed by atoms with van der Waals surface area (Å²) in [5.74, 6) is -0.119. The Morgan fingerprint density at radius 3 is 2.79 bits per heavy atom. The molecular formula is C15H20N2OS. The Morgan fingerprint density at radius 1 is 1.37 bits per heavy atom. The molecule has 19 heavy (non-hydrogen) atoms. The SMILES string of the molecule is CC[C@@H]1CCCCN1C(=S)NC(=O)c1ccccc1. The summed E-state index contributed by atoms with van der Waals surface area (Å²) in [5, 5.41) is 3.42. The van der Waals surface area contributed by atoms with Gasteiger partial charge in [-0.3, -0.25) is 10.1 Å². The Labute approximate surface area is 120 Å². The molecular weight excluding hydrogens is 256 g/mol. The van der Waals surface area contributed by atoms with Crippen molar-refractivity contribution in [2.24, 2.45) is 0 Å². The second-order valence-electron chi connectivity index (χ2n) is 4.88. The minimum Gasteiger partial charge on any atom is -0.346 e. The average molecular weight is 276 g/mol. The molecule has 1 aromatic rings. The van der Waals surface area contributed by atoms with Gasteiger partial charge in [-0.15, -0.1) is 0 Å². The number of likely N-dealkylation sites (tertiary alicyclic amines) is 1. The highest BCUT2D eigenvalue weighted by atomic mass is 32.1. The topological polar surface area (TPSA) is 32.3 Å². The number of amides is 1. The van der Waals surface area contributed by atoms with E-state index in [0.717, 1.165) is 25.8 Å². The average Bonchev–Trinajstić information content (AvgIpc) is 2.48. The maximum absolute atomic E-state index is 12.1. The largest absolute Gasteiger partial charge is 0.346 e. The van der Waals surface area contributed by atoms with Gasteiger partial charge in [-0.25, -0.2) is 0 Å². The molecule has 2 rings (SSSR count). The fraction of sp³-hybridized carbons (Fsp3) is 0.467. The van der Waals surface area contributed by atoms with Crippen LogP contribution in [0, 0.1) is 0 Å². The molecule has 0 bridgehead atoms. The molecule has 1 fully saturated rings. The van der Waals surface area contributed by atoms with Gasteiger partial charge in [0, 0.05) is 18.2 Å². The van der Waals surface area contributed by atoms with Gasteiger partial charge in [-0.05, 0) is 50.0 Å². The minimum absolute atomic E-state index is 0.119. The smallest absolute Gasteiger partial charge is 0.257 e. The fourth-order valence-electron chi connectivity index (χ4n) is 2.52. The van der Waals surface area contributed by atoms with Gasteiger partial charge in [-0.2, -0.15) is 0 Å². The number of benzene rings is 1. The van der Waals surface area contributed by atoms with E-state index >= 15 is 0 Å². The van der Waals surface area contributed by atoms with E-state index in [2.05, 4.69) is 17.1 Å². The van der Waals surface area contributed by atoms with Crippen LogP contribution in [0.1, 0.15) is 43.0 Å². The van der Waals surface area contributed by atoms with Crippen LogP contribution < -0.4 is 5.32 Å². The van der Waals surface area contributed by atoms with Gasteiger partial charge in [0.1, 0.15) is 0 Å². The van der Waals surface area contributed by atoms with Crippen molar-refractivity contribution in [2.75, 3.05) is 6.54 Å². The third kappa shape index (κ3) is 3.53. The van der Waals surface area contributed by atoms with E-state index in [9.17, 15) is 4.79 Å². The number of carbonyl (C=O) groups is 1. The maximum atomic E-state index is 12.1. The summed E-state index contributed by atoms with van der Waals surface area (Å²) in [6.07, 6.45) is 4.64. The van der Waals surface area contributed by atoms with Gasteiger partial charge in [0.15, 0.2) is 5.11 Å². The second-order valence-corrected chi connectivity index (χ2v) is 5.26. The monoisotopic (exact) mass is 276 g/mol. The standard InChI is InChI=1S/C15H20N2OS/c1-2-13-10-6-7-11-17(13)15(19)16-14(18)12-8-4-3-5-9-12/h3-5,8-9,13H,2,6-7,10-11H2,1H3,(H,16,18,19)/t13-/m1/s1. The predicted octanol–water partition coefficient (Wildman–Crippen LogP) is 2.97. The van der Waals surface area contributed by atoms with E-state index in [1.54, 1.807) is 12.1 Å². The first kappa shape index (κ1) is 14.0. The van der Waals surface area contributed by atoms with E-state index < -0.39 is 0 Å². The summed E-state index contributed by atoms with van der Waals surface area (Å²) in [6.45, 7) is 3.12. The van der Waals surface area contributed by atoms with Crippen molar-refractivity contribution in [2.45, 2.75) is 38.6 Å². The molecule has 1 atom stereocenters. The summed E-state index contributed by atoms with van der Waals surface area (Å²) in [7, 11) is 0. The Balaban J connectivity index is 1.98. The highest BCUT2D eigenvalue weighted by Gasteiger charge is 2.23. The van der Waals surface area contributed by atoms with E-state index in [1.807, 2.05) is 18.2 Å². The Morgan fingerprint density at radius 2 is 2.11 bits per heavy atom. The molecule has 0 aliphatic carbocycles. The van der Waals surface area contributed by atoms with Crippen LogP contribution in [0.5, 0.6) is 0 Å². The molecule has 1 saturated heterocycles. The van der Waals surface area contributed by atoms with Gasteiger partial charge >= 0.3 is 0 Å². The molecule has 1 aliphatic heterocycles. The van der Waals surface area contributed by atoms with E-state index in [0.29, 0.717) is 16.7 Å². The molecule has 0 aromatic heterocycles. The third-order valence-corrected chi connectivity index (χ3v) is 3.95. The normalized spacial score (nSPS) is 19.0. The van der Waals surface area contributed by atoms with Crippen molar-refractivity contribution in [3.8, 4) is 0 Å². The second kappa shape index (κ2) is 6.66. The van der Waals surface area contributed by atoms with Crippen LogP contribution in [-0.4, -0.2) is 28.5 Å². The third-order valence-electron chi connectivity index (χ3n) is 3.62. The Kier molecular flexibility index (Phi) is 4.91. The quantitative estimate of drug-likeness (QED) is 0.843. The highest BCUT2D eigenvalue weighted by Crippen LogP contribution is 2.19. The van der Waals surface area contributed by atoms with Gasteiger partial charge in [0.05, 0.1) is 0 Å². The highest BCUT2D eigenvalue weighted by molar-refractivity contribution is 7.80. The van der Waals surface area contributed by atoms with Crippen LogP contribution in [0.15, 0.2) is 30.3 Å². The lowest BCUT2D eigenvalue weighted by atomic mass is 10.0. The lowest BCUT2D eigenvalue weighted by molar-refractivity contribution is 0.0969. The summed E-state index contributed by atoms with van der Waals surface area (Å²) in [6, 6.07) is 9.67. The van der Waals surface area contributed by atoms with Crippen LogP contribution in [0.3, 0.4) is 0 Å². The van der Waals surface area contributed by atoms with Gasteiger partial charge in [0.25, 0.3) is 5.91 Å². The van der Waals surface area contributed by atoms with E-state index in [4.69, 9.17) is 12.2 Å². The molecule has 1 N–H and O–H groups in total. The number of piperidine rings is 1. The molecule has 1 heterocycles. The predicted molar refractivity (Wildman–Crippen MR) is 81.1 cm³/mol. The maximum Gasteiger partial charge on any atom is 0.257 e. The molecule has 0 unspecified atom stereocenters. The first-order valence-electron chi connectivity index (χ1n) is 6.89. The van der Waals surface area contributed by atoms with Crippen molar-refractivity contribution in [1.82, 2.24) is 10.2 Å².